The third-order valence-corrected chi connectivity index (χ3v) is 5.11. The lowest BCUT2D eigenvalue weighted by Gasteiger charge is -2.30. The molecule has 1 saturated heterocycles. The van der Waals surface area contributed by atoms with Gasteiger partial charge in [-0.2, -0.15) is 0 Å². The van der Waals surface area contributed by atoms with Gasteiger partial charge >= 0.3 is 0 Å². The van der Waals surface area contributed by atoms with Crippen molar-refractivity contribution in [3.8, 4) is 0 Å². The summed E-state index contributed by atoms with van der Waals surface area (Å²) >= 11 is 1.77. The van der Waals surface area contributed by atoms with Gasteiger partial charge in [-0.05, 0) is 44.2 Å². The Balaban J connectivity index is 1.73. The quantitative estimate of drug-likeness (QED) is 0.915. The van der Waals surface area contributed by atoms with Crippen LogP contribution in [0.3, 0.4) is 0 Å². The lowest BCUT2D eigenvalue weighted by Crippen LogP contribution is -2.43. The largest absolute Gasteiger partial charge is 0.360 e. The highest BCUT2D eigenvalue weighted by Crippen LogP contribution is 2.36. The standard InChI is InChI=1S/C16H21N3O2S/c1-3-12(16(20)17-15-10-11(2)21-18-15)19-8-4-6-13(19)14-7-5-9-22-14/h5,7,9-10,12-13H,3-4,6,8H2,1-2H3,(H,17,18,20)/t12-,13-/m1/s1. The van der Waals surface area contributed by atoms with Gasteiger partial charge in [0.05, 0.1) is 6.04 Å². The summed E-state index contributed by atoms with van der Waals surface area (Å²) in [5.41, 5.74) is 0. The Hall–Kier alpha value is -1.66. The van der Waals surface area contributed by atoms with Crippen molar-refractivity contribution in [1.29, 1.82) is 0 Å². The number of rotatable bonds is 5. The van der Waals surface area contributed by atoms with E-state index >= 15 is 0 Å². The minimum absolute atomic E-state index is 0.000689. The Kier molecular flexibility index (Phi) is 4.59. The van der Waals surface area contributed by atoms with Crippen LogP contribution in [0.2, 0.25) is 0 Å². The number of amides is 1. The number of nitrogens with zero attached hydrogens (tertiary/aromatic N) is 2. The molecule has 1 fully saturated rings. The molecule has 0 spiro atoms. The van der Waals surface area contributed by atoms with Gasteiger partial charge in [-0.3, -0.25) is 9.69 Å². The number of likely N-dealkylation sites (tertiary alicyclic amines) is 1. The van der Waals surface area contributed by atoms with Gasteiger partial charge in [-0.15, -0.1) is 11.3 Å². The predicted molar refractivity (Wildman–Crippen MR) is 86.9 cm³/mol. The normalized spacial score (nSPS) is 20.2. The van der Waals surface area contributed by atoms with Crippen molar-refractivity contribution in [3.63, 3.8) is 0 Å². The zero-order valence-corrected chi connectivity index (χ0v) is 13.7. The first-order valence-electron chi connectivity index (χ1n) is 7.72. The van der Waals surface area contributed by atoms with Crippen molar-refractivity contribution in [2.45, 2.75) is 45.2 Å². The predicted octanol–water partition coefficient (Wildman–Crippen LogP) is 3.60. The Morgan fingerprint density at radius 1 is 1.64 bits per heavy atom. The van der Waals surface area contributed by atoms with Crippen LogP contribution in [0.4, 0.5) is 5.82 Å². The molecule has 1 N–H and O–H groups in total. The second-order valence-corrected chi connectivity index (χ2v) is 6.63. The molecule has 0 aliphatic carbocycles. The van der Waals surface area contributed by atoms with Crippen molar-refractivity contribution in [3.05, 3.63) is 34.2 Å². The van der Waals surface area contributed by atoms with E-state index in [4.69, 9.17) is 4.52 Å². The van der Waals surface area contributed by atoms with Crippen LogP contribution in [0.5, 0.6) is 0 Å². The maximum atomic E-state index is 12.6. The molecule has 2 atom stereocenters. The smallest absolute Gasteiger partial charge is 0.242 e. The molecule has 0 saturated carbocycles. The van der Waals surface area contributed by atoms with Gasteiger partial charge in [-0.1, -0.05) is 18.1 Å². The molecule has 6 heteroatoms. The van der Waals surface area contributed by atoms with Crippen LogP contribution in [0.25, 0.3) is 0 Å². The van der Waals surface area contributed by atoms with Crippen molar-refractivity contribution in [1.82, 2.24) is 10.1 Å². The third kappa shape index (κ3) is 3.08. The van der Waals surface area contributed by atoms with Crippen molar-refractivity contribution in [2.75, 3.05) is 11.9 Å². The van der Waals surface area contributed by atoms with Crippen molar-refractivity contribution in [2.24, 2.45) is 0 Å². The molecular weight excluding hydrogens is 298 g/mol. The number of nitrogens with one attached hydrogen (secondary N) is 1. The van der Waals surface area contributed by atoms with Crippen LogP contribution in [0.1, 0.15) is 42.9 Å². The van der Waals surface area contributed by atoms with E-state index in [1.54, 1.807) is 17.4 Å². The number of aromatic nitrogens is 1. The Morgan fingerprint density at radius 2 is 2.50 bits per heavy atom. The molecule has 0 aromatic carbocycles. The lowest BCUT2D eigenvalue weighted by atomic mass is 10.1. The van der Waals surface area contributed by atoms with E-state index in [2.05, 4.69) is 39.8 Å². The first-order valence-corrected chi connectivity index (χ1v) is 8.60. The summed E-state index contributed by atoms with van der Waals surface area (Å²) in [4.78, 5) is 16.3. The molecule has 1 aliphatic heterocycles. The molecule has 22 heavy (non-hydrogen) atoms. The van der Waals surface area contributed by atoms with E-state index in [0.29, 0.717) is 17.6 Å². The minimum atomic E-state index is -0.133. The van der Waals surface area contributed by atoms with Crippen LogP contribution in [0, 0.1) is 6.92 Å². The number of hydrogen-bond acceptors (Lipinski definition) is 5. The molecule has 2 aromatic heterocycles. The number of hydrogen-bond donors (Lipinski definition) is 1. The topological polar surface area (TPSA) is 58.4 Å². The van der Waals surface area contributed by atoms with Gasteiger partial charge in [0, 0.05) is 17.0 Å². The Labute approximate surface area is 134 Å². The van der Waals surface area contributed by atoms with Gasteiger partial charge in [0.25, 0.3) is 0 Å². The van der Waals surface area contributed by atoms with E-state index in [0.717, 1.165) is 25.8 Å². The monoisotopic (exact) mass is 319 g/mol. The fraction of sp³-hybridized carbons (Fsp3) is 0.500. The van der Waals surface area contributed by atoms with Crippen LogP contribution in [-0.2, 0) is 4.79 Å². The molecule has 0 unspecified atom stereocenters. The number of anilines is 1. The first kappa shape index (κ1) is 15.2. The Morgan fingerprint density at radius 3 is 3.14 bits per heavy atom. The highest BCUT2D eigenvalue weighted by Gasteiger charge is 2.35. The maximum Gasteiger partial charge on any atom is 0.242 e. The fourth-order valence-electron chi connectivity index (χ4n) is 3.15. The molecule has 0 radical (unpaired) electrons. The Bertz CT molecular complexity index is 623. The number of aryl methyl sites for hydroxylation is 1. The summed E-state index contributed by atoms with van der Waals surface area (Å²) in [5, 5.41) is 8.82. The summed E-state index contributed by atoms with van der Waals surface area (Å²) in [6, 6.07) is 6.21. The van der Waals surface area contributed by atoms with Crippen LogP contribution < -0.4 is 5.32 Å². The molecular formula is C16H21N3O2S. The fourth-order valence-corrected chi connectivity index (χ4v) is 4.04. The summed E-state index contributed by atoms with van der Waals surface area (Å²) in [7, 11) is 0. The van der Waals surface area contributed by atoms with Gasteiger partial charge < -0.3 is 9.84 Å². The summed E-state index contributed by atoms with van der Waals surface area (Å²) in [5.74, 6) is 1.19. The number of carbonyl (C=O) groups is 1. The van der Waals surface area contributed by atoms with Gasteiger partial charge in [0.2, 0.25) is 5.91 Å². The van der Waals surface area contributed by atoms with Gasteiger partial charge in [-0.25, -0.2) is 0 Å². The molecule has 3 rings (SSSR count). The average Bonchev–Trinajstić information content (AvgIpc) is 3.20. The molecule has 1 amide bonds. The summed E-state index contributed by atoms with van der Waals surface area (Å²) < 4.78 is 5.01. The second kappa shape index (κ2) is 6.62. The number of thiophene rings is 1. The van der Waals surface area contributed by atoms with Gasteiger partial charge in [0.15, 0.2) is 5.82 Å². The molecule has 1 aliphatic rings. The maximum absolute atomic E-state index is 12.6. The van der Waals surface area contributed by atoms with Crippen LogP contribution in [0.15, 0.2) is 28.1 Å². The minimum Gasteiger partial charge on any atom is -0.360 e. The van der Waals surface area contributed by atoms with E-state index in [1.165, 1.54) is 4.88 Å². The van der Waals surface area contributed by atoms with Gasteiger partial charge in [0.1, 0.15) is 5.76 Å². The molecule has 2 aromatic rings. The highest BCUT2D eigenvalue weighted by atomic mass is 32.1. The third-order valence-electron chi connectivity index (χ3n) is 4.13. The second-order valence-electron chi connectivity index (χ2n) is 5.65. The zero-order valence-electron chi connectivity index (χ0n) is 12.9. The SMILES string of the molecule is CC[C@H](C(=O)Nc1cc(C)on1)N1CCC[C@@H]1c1cccs1. The number of carbonyl (C=O) groups excluding carboxylic acids is 1. The highest BCUT2D eigenvalue weighted by molar-refractivity contribution is 7.10. The molecule has 0 bridgehead atoms. The van der Waals surface area contributed by atoms with Crippen molar-refractivity contribution < 1.29 is 9.32 Å². The first-order chi connectivity index (χ1) is 10.7. The lowest BCUT2D eigenvalue weighted by molar-refractivity contribution is -0.121. The zero-order chi connectivity index (χ0) is 15.5. The summed E-state index contributed by atoms with van der Waals surface area (Å²) in [6.07, 6.45) is 3.04. The van der Waals surface area contributed by atoms with E-state index < -0.39 is 0 Å². The van der Waals surface area contributed by atoms with Crippen LogP contribution >= 0.6 is 11.3 Å². The molecule has 3 heterocycles. The van der Waals surface area contributed by atoms with E-state index in [9.17, 15) is 4.79 Å². The molecule has 118 valence electrons. The van der Waals surface area contributed by atoms with E-state index in [-0.39, 0.29) is 11.9 Å². The summed E-state index contributed by atoms with van der Waals surface area (Å²) in [6.45, 7) is 4.84. The van der Waals surface area contributed by atoms with Crippen molar-refractivity contribution >= 4 is 23.1 Å². The average molecular weight is 319 g/mol. The molecule has 5 nitrogen and oxygen atoms in total. The van der Waals surface area contributed by atoms with E-state index in [1.807, 2.05) is 6.92 Å². The van der Waals surface area contributed by atoms with Crippen LogP contribution in [-0.4, -0.2) is 28.6 Å².